The van der Waals surface area contributed by atoms with E-state index in [9.17, 15) is 24.3 Å². The molecule has 0 aromatic heterocycles. The zero-order valence-corrected chi connectivity index (χ0v) is 16.5. The second-order valence-corrected chi connectivity index (χ2v) is 7.18. The molecule has 1 aromatic rings. The van der Waals surface area contributed by atoms with Gasteiger partial charge in [-0.2, -0.15) is 0 Å². The molecule has 0 saturated heterocycles. The van der Waals surface area contributed by atoms with Crippen molar-refractivity contribution >= 4 is 40.8 Å². The lowest BCUT2D eigenvalue weighted by Crippen LogP contribution is -2.24. The molecule has 0 bridgehead atoms. The Morgan fingerprint density at radius 2 is 1.19 bits per heavy atom. The molecule has 0 saturated carbocycles. The van der Waals surface area contributed by atoms with Gasteiger partial charge in [-0.15, -0.1) is 0 Å². The molecule has 8 heteroatoms. The normalized spacial score (nSPS) is 10.9. The molecule has 4 N–H and O–H groups in total. The molecule has 0 fully saturated rings. The first kappa shape index (κ1) is 22.1. The van der Waals surface area contributed by atoms with Crippen molar-refractivity contribution in [2.24, 2.45) is 17.8 Å². The molecular formula is C19H27N3O5. The lowest BCUT2D eigenvalue weighted by molar-refractivity contribution is -0.119. The third kappa shape index (κ3) is 6.09. The van der Waals surface area contributed by atoms with Gasteiger partial charge >= 0.3 is 5.97 Å². The number of carbonyl (C=O) groups is 4. The summed E-state index contributed by atoms with van der Waals surface area (Å²) in [4.78, 5) is 48.0. The summed E-state index contributed by atoms with van der Waals surface area (Å²) in [6.07, 6.45) is 0. The van der Waals surface area contributed by atoms with Crippen molar-refractivity contribution in [3.63, 3.8) is 0 Å². The second-order valence-electron chi connectivity index (χ2n) is 7.18. The molecule has 0 heterocycles. The fraction of sp³-hybridized carbons (Fsp3) is 0.474. The van der Waals surface area contributed by atoms with Gasteiger partial charge in [0.1, 0.15) is 0 Å². The van der Waals surface area contributed by atoms with Crippen molar-refractivity contribution in [2.45, 2.75) is 41.5 Å². The maximum Gasteiger partial charge on any atom is 0.337 e. The van der Waals surface area contributed by atoms with Gasteiger partial charge in [0.25, 0.3) is 0 Å². The minimum Gasteiger partial charge on any atom is -0.478 e. The molecule has 0 unspecified atom stereocenters. The summed E-state index contributed by atoms with van der Waals surface area (Å²) in [5.41, 5.74) is 0.0803. The van der Waals surface area contributed by atoms with E-state index < -0.39 is 11.9 Å². The summed E-state index contributed by atoms with van der Waals surface area (Å²) in [6, 6.07) is 2.69. The molecule has 0 spiro atoms. The van der Waals surface area contributed by atoms with E-state index in [-0.39, 0.29) is 52.2 Å². The maximum absolute atomic E-state index is 12.1. The van der Waals surface area contributed by atoms with Gasteiger partial charge in [0, 0.05) is 23.4 Å². The number of amides is 3. The monoisotopic (exact) mass is 377 g/mol. The van der Waals surface area contributed by atoms with Crippen molar-refractivity contribution < 1.29 is 24.3 Å². The van der Waals surface area contributed by atoms with E-state index in [1.165, 1.54) is 12.1 Å². The zero-order valence-electron chi connectivity index (χ0n) is 16.5. The summed E-state index contributed by atoms with van der Waals surface area (Å²) in [5, 5.41) is 17.4. The highest BCUT2D eigenvalue weighted by molar-refractivity contribution is 6.09. The second kappa shape index (κ2) is 9.16. The minimum absolute atomic E-state index is 0.0160. The number of hydrogen-bond donors (Lipinski definition) is 4. The number of carboxylic acid groups (broad SMARTS) is 1. The van der Waals surface area contributed by atoms with Crippen LogP contribution in [-0.2, 0) is 14.4 Å². The molecule has 1 rings (SSSR count). The van der Waals surface area contributed by atoms with Gasteiger partial charge in [-0.05, 0) is 12.1 Å². The van der Waals surface area contributed by atoms with Crippen molar-refractivity contribution in [3.8, 4) is 0 Å². The lowest BCUT2D eigenvalue weighted by atomic mass is 10.1. The molecule has 1 aromatic carbocycles. The van der Waals surface area contributed by atoms with Crippen LogP contribution in [0.4, 0.5) is 17.1 Å². The summed E-state index contributed by atoms with van der Waals surface area (Å²) in [6.45, 7) is 10.1. The van der Waals surface area contributed by atoms with Crippen LogP contribution in [0, 0.1) is 17.8 Å². The zero-order chi connectivity index (χ0) is 20.9. The van der Waals surface area contributed by atoms with Crippen LogP contribution < -0.4 is 16.0 Å². The Balaban J connectivity index is 3.50. The van der Waals surface area contributed by atoms with Crippen LogP contribution in [0.5, 0.6) is 0 Å². The molecule has 8 nitrogen and oxygen atoms in total. The Bertz CT molecular complexity index is 754. The SMILES string of the molecule is CC(C)C(=O)Nc1cc(NC(=O)C(C)C)c(NC(=O)C(C)C)c(C(=O)O)c1. The number of nitrogens with one attached hydrogen (secondary N) is 3. The van der Waals surface area contributed by atoms with Crippen molar-refractivity contribution in [2.75, 3.05) is 16.0 Å². The van der Waals surface area contributed by atoms with Crippen LogP contribution >= 0.6 is 0 Å². The number of benzene rings is 1. The molecule has 0 aliphatic rings. The topological polar surface area (TPSA) is 125 Å². The quantitative estimate of drug-likeness (QED) is 0.581. The predicted octanol–water partition coefficient (Wildman–Crippen LogP) is 3.17. The average molecular weight is 377 g/mol. The largest absolute Gasteiger partial charge is 0.478 e. The van der Waals surface area contributed by atoms with Crippen LogP contribution in [0.1, 0.15) is 51.9 Å². The maximum atomic E-state index is 12.1. The minimum atomic E-state index is -1.30. The van der Waals surface area contributed by atoms with Gasteiger partial charge < -0.3 is 21.1 Å². The highest BCUT2D eigenvalue weighted by Gasteiger charge is 2.22. The molecule has 0 aliphatic carbocycles. The Labute approximate surface area is 158 Å². The Hall–Kier alpha value is -2.90. The number of aromatic carboxylic acids is 1. The van der Waals surface area contributed by atoms with Gasteiger partial charge in [-0.1, -0.05) is 41.5 Å². The summed E-state index contributed by atoms with van der Waals surface area (Å²) in [7, 11) is 0. The van der Waals surface area contributed by atoms with E-state index in [1.807, 2.05) is 0 Å². The standard InChI is InChI=1S/C19H27N3O5/c1-9(2)16(23)20-12-7-13(19(26)27)15(22-18(25)11(5)6)14(8-12)21-17(24)10(3)4/h7-11H,1-6H3,(H,20,23)(H,21,24)(H,22,25)(H,26,27). The van der Waals surface area contributed by atoms with Gasteiger partial charge in [-0.25, -0.2) is 4.79 Å². The van der Waals surface area contributed by atoms with E-state index in [0.29, 0.717) is 0 Å². The Kier molecular flexibility index (Phi) is 7.51. The van der Waals surface area contributed by atoms with Gasteiger partial charge in [0.2, 0.25) is 17.7 Å². The van der Waals surface area contributed by atoms with Crippen LogP contribution in [0.2, 0.25) is 0 Å². The van der Waals surface area contributed by atoms with Crippen molar-refractivity contribution in [1.29, 1.82) is 0 Å². The average Bonchev–Trinajstić information content (AvgIpc) is 2.55. The van der Waals surface area contributed by atoms with Crippen LogP contribution in [0.25, 0.3) is 0 Å². The number of carbonyl (C=O) groups excluding carboxylic acids is 3. The summed E-state index contributed by atoms with van der Waals surface area (Å²) >= 11 is 0. The Morgan fingerprint density at radius 3 is 1.63 bits per heavy atom. The molecular weight excluding hydrogens is 350 g/mol. The first-order valence-corrected chi connectivity index (χ1v) is 8.77. The lowest BCUT2D eigenvalue weighted by Gasteiger charge is -2.19. The van der Waals surface area contributed by atoms with Gasteiger partial charge in [-0.3, -0.25) is 14.4 Å². The summed E-state index contributed by atoms with van der Waals surface area (Å²) in [5.74, 6) is -3.40. The molecule has 0 radical (unpaired) electrons. The Morgan fingerprint density at radius 1 is 0.741 bits per heavy atom. The predicted molar refractivity (Wildman–Crippen MR) is 104 cm³/mol. The van der Waals surface area contributed by atoms with E-state index in [1.54, 1.807) is 41.5 Å². The molecule has 27 heavy (non-hydrogen) atoms. The number of carboxylic acids is 1. The molecule has 3 amide bonds. The van der Waals surface area contributed by atoms with E-state index in [0.717, 1.165) is 0 Å². The van der Waals surface area contributed by atoms with Gasteiger partial charge in [0.15, 0.2) is 0 Å². The van der Waals surface area contributed by atoms with E-state index in [4.69, 9.17) is 0 Å². The smallest absolute Gasteiger partial charge is 0.337 e. The molecule has 0 atom stereocenters. The third-order valence-electron chi connectivity index (χ3n) is 3.72. The fourth-order valence-corrected chi connectivity index (χ4v) is 1.95. The van der Waals surface area contributed by atoms with Crippen molar-refractivity contribution in [3.05, 3.63) is 17.7 Å². The van der Waals surface area contributed by atoms with Crippen LogP contribution in [0.15, 0.2) is 12.1 Å². The highest BCUT2D eigenvalue weighted by Crippen LogP contribution is 2.32. The number of rotatable bonds is 7. The summed E-state index contributed by atoms with van der Waals surface area (Å²) < 4.78 is 0. The van der Waals surface area contributed by atoms with Crippen molar-refractivity contribution in [1.82, 2.24) is 0 Å². The number of anilines is 3. The third-order valence-corrected chi connectivity index (χ3v) is 3.72. The fourth-order valence-electron chi connectivity index (χ4n) is 1.95. The first-order chi connectivity index (χ1) is 12.4. The number of hydrogen-bond acceptors (Lipinski definition) is 4. The molecule has 0 aliphatic heterocycles. The van der Waals surface area contributed by atoms with Gasteiger partial charge in [0.05, 0.1) is 16.9 Å². The highest BCUT2D eigenvalue weighted by atomic mass is 16.4. The van der Waals surface area contributed by atoms with E-state index in [2.05, 4.69) is 16.0 Å². The van der Waals surface area contributed by atoms with E-state index >= 15 is 0 Å². The first-order valence-electron chi connectivity index (χ1n) is 8.77. The van der Waals surface area contributed by atoms with Crippen LogP contribution in [0.3, 0.4) is 0 Å². The molecule has 148 valence electrons. The van der Waals surface area contributed by atoms with Crippen LogP contribution in [-0.4, -0.2) is 28.8 Å².